The van der Waals surface area contributed by atoms with Gasteiger partial charge in [-0.1, -0.05) is 6.92 Å². The van der Waals surface area contributed by atoms with Crippen LogP contribution in [-0.4, -0.2) is 29.6 Å². The lowest BCUT2D eigenvalue weighted by Crippen LogP contribution is -2.42. The fourth-order valence-corrected chi connectivity index (χ4v) is 2.94. The van der Waals surface area contributed by atoms with Crippen molar-refractivity contribution in [3.8, 4) is 0 Å². The molecule has 0 unspecified atom stereocenters. The number of carbonyl (C=O) groups is 1. The molecule has 0 aliphatic heterocycles. The maximum atomic E-state index is 12.1. The van der Waals surface area contributed by atoms with E-state index in [1.807, 2.05) is 6.92 Å². The zero-order valence-electron chi connectivity index (χ0n) is 10.9. The van der Waals surface area contributed by atoms with E-state index in [0.717, 1.165) is 6.07 Å². The molecule has 102 valence electrons. The molecule has 18 heavy (non-hydrogen) atoms. The van der Waals surface area contributed by atoms with E-state index < -0.39 is 21.5 Å². The van der Waals surface area contributed by atoms with Gasteiger partial charge in [-0.15, -0.1) is 0 Å². The van der Waals surface area contributed by atoms with Crippen molar-refractivity contribution < 1.29 is 18.3 Å². The molecular formula is C11H18N2O4S. The van der Waals surface area contributed by atoms with Crippen LogP contribution in [0.4, 0.5) is 0 Å². The minimum atomic E-state index is -3.70. The highest BCUT2D eigenvalue weighted by Gasteiger charge is 2.26. The molecule has 0 atom stereocenters. The molecule has 0 bridgehead atoms. The number of hydrogen-bond acceptors (Lipinski definition) is 3. The Morgan fingerprint density at radius 2 is 2.06 bits per heavy atom. The van der Waals surface area contributed by atoms with Crippen LogP contribution in [-0.2, 0) is 17.1 Å². The Morgan fingerprint density at radius 3 is 2.44 bits per heavy atom. The second-order valence-electron chi connectivity index (χ2n) is 4.82. The topological polar surface area (TPSA) is 88.4 Å². The highest BCUT2D eigenvalue weighted by atomic mass is 32.2. The van der Waals surface area contributed by atoms with Crippen LogP contribution in [0.1, 0.15) is 37.7 Å². The van der Waals surface area contributed by atoms with Gasteiger partial charge in [0.2, 0.25) is 10.0 Å². The number of aromatic nitrogens is 1. The van der Waals surface area contributed by atoms with E-state index in [1.54, 1.807) is 13.8 Å². The summed E-state index contributed by atoms with van der Waals surface area (Å²) >= 11 is 0. The molecule has 0 saturated heterocycles. The third-order valence-electron chi connectivity index (χ3n) is 2.80. The molecule has 1 aromatic heterocycles. The van der Waals surface area contributed by atoms with Crippen LogP contribution >= 0.6 is 0 Å². The van der Waals surface area contributed by atoms with E-state index in [2.05, 4.69) is 4.72 Å². The highest BCUT2D eigenvalue weighted by molar-refractivity contribution is 7.89. The van der Waals surface area contributed by atoms with Crippen molar-refractivity contribution in [1.82, 2.24) is 9.29 Å². The van der Waals surface area contributed by atoms with Gasteiger partial charge in [0.05, 0.1) is 0 Å². The Bertz CT molecular complexity index is 558. The molecule has 0 aliphatic carbocycles. The van der Waals surface area contributed by atoms with Crippen molar-refractivity contribution >= 4 is 16.0 Å². The summed E-state index contributed by atoms with van der Waals surface area (Å²) in [6.45, 7) is 5.41. The predicted octanol–water partition coefficient (Wildman–Crippen LogP) is 1.19. The quantitative estimate of drug-likeness (QED) is 0.844. The molecule has 0 radical (unpaired) electrons. The molecule has 0 saturated carbocycles. The lowest BCUT2D eigenvalue weighted by Gasteiger charge is -2.23. The third kappa shape index (κ3) is 3.11. The lowest BCUT2D eigenvalue weighted by molar-refractivity contribution is 0.0686. The minimum absolute atomic E-state index is 0.0380. The van der Waals surface area contributed by atoms with Crippen LogP contribution < -0.4 is 4.72 Å². The average Bonchev–Trinajstić information content (AvgIpc) is 2.59. The third-order valence-corrected chi connectivity index (χ3v) is 4.47. The molecule has 0 amide bonds. The molecule has 6 nitrogen and oxygen atoms in total. The van der Waals surface area contributed by atoms with Gasteiger partial charge < -0.3 is 9.67 Å². The summed E-state index contributed by atoms with van der Waals surface area (Å²) in [5, 5.41) is 8.89. The summed E-state index contributed by atoms with van der Waals surface area (Å²) in [7, 11) is -2.21. The fourth-order valence-electron chi connectivity index (χ4n) is 1.39. The zero-order chi connectivity index (χ0) is 14.1. The second-order valence-corrected chi connectivity index (χ2v) is 6.50. The fraction of sp³-hybridized carbons (Fsp3) is 0.545. The lowest BCUT2D eigenvalue weighted by atomic mass is 10.0. The molecule has 0 aromatic carbocycles. The van der Waals surface area contributed by atoms with E-state index in [-0.39, 0.29) is 10.6 Å². The van der Waals surface area contributed by atoms with E-state index in [9.17, 15) is 13.2 Å². The van der Waals surface area contributed by atoms with Gasteiger partial charge in [0, 0.05) is 18.8 Å². The molecule has 1 aromatic rings. The number of sulfonamides is 1. The van der Waals surface area contributed by atoms with E-state index in [0.29, 0.717) is 6.42 Å². The Morgan fingerprint density at radius 1 is 1.50 bits per heavy atom. The first-order valence-corrected chi connectivity index (χ1v) is 7.01. The average molecular weight is 274 g/mol. The van der Waals surface area contributed by atoms with Crippen molar-refractivity contribution in [2.75, 3.05) is 0 Å². The first kappa shape index (κ1) is 14.7. The van der Waals surface area contributed by atoms with Crippen LogP contribution in [0.3, 0.4) is 0 Å². The Kier molecular flexibility index (Phi) is 3.87. The molecule has 0 aliphatic rings. The van der Waals surface area contributed by atoms with Gasteiger partial charge in [-0.3, -0.25) is 0 Å². The summed E-state index contributed by atoms with van der Waals surface area (Å²) in [5.41, 5.74) is -0.636. The van der Waals surface area contributed by atoms with Gasteiger partial charge in [0.25, 0.3) is 0 Å². The van der Waals surface area contributed by atoms with Gasteiger partial charge >= 0.3 is 5.97 Å². The van der Waals surface area contributed by atoms with Crippen LogP contribution in [0.2, 0.25) is 0 Å². The molecular weight excluding hydrogens is 256 g/mol. The number of rotatable bonds is 5. The number of aromatic carboxylic acids is 1. The normalized spacial score (nSPS) is 12.7. The van der Waals surface area contributed by atoms with E-state index in [1.165, 1.54) is 17.8 Å². The van der Waals surface area contributed by atoms with Crippen molar-refractivity contribution in [1.29, 1.82) is 0 Å². The first-order valence-electron chi connectivity index (χ1n) is 5.53. The van der Waals surface area contributed by atoms with Gasteiger partial charge in [-0.2, -0.15) is 0 Å². The van der Waals surface area contributed by atoms with Crippen molar-refractivity contribution in [3.05, 3.63) is 18.0 Å². The van der Waals surface area contributed by atoms with Crippen molar-refractivity contribution in [2.45, 2.75) is 37.6 Å². The molecule has 2 N–H and O–H groups in total. The number of hydrogen-bond donors (Lipinski definition) is 2. The maximum absolute atomic E-state index is 12.1. The Hall–Kier alpha value is -1.34. The molecule has 7 heteroatoms. The van der Waals surface area contributed by atoms with Crippen molar-refractivity contribution in [2.24, 2.45) is 7.05 Å². The van der Waals surface area contributed by atoms with Gasteiger partial charge in [-0.05, 0) is 26.3 Å². The predicted molar refractivity (Wildman–Crippen MR) is 67.1 cm³/mol. The van der Waals surface area contributed by atoms with Gasteiger partial charge in [0.1, 0.15) is 10.6 Å². The highest BCUT2D eigenvalue weighted by Crippen LogP contribution is 2.17. The standard InChI is InChI=1S/C11H18N2O4S/c1-5-11(2,3)12-18(16,17)8-6-9(10(14)15)13(4)7-8/h6-7,12H,5H2,1-4H3,(H,14,15). The maximum Gasteiger partial charge on any atom is 0.352 e. The minimum Gasteiger partial charge on any atom is -0.477 e. The van der Waals surface area contributed by atoms with Crippen LogP contribution in [0, 0.1) is 0 Å². The van der Waals surface area contributed by atoms with E-state index >= 15 is 0 Å². The molecule has 1 rings (SSSR count). The molecule has 0 spiro atoms. The first-order chi connectivity index (χ1) is 8.09. The number of nitrogens with one attached hydrogen (secondary N) is 1. The Labute approximate surface area is 107 Å². The summed E-state index contributed by atoms with van der Waals surface area (Å²) < 4.78 is 28.0. The number of carboxylic acid groups (broad SMARTS) is 1. The SMILES string of the molecule is CCC(C)(C)NS(=O)(=O)c1cc(C(=O)O)n(C)c1. The van der Waals surface area contributed by atoms with Crippen LogP contribution in [0.5, 0.6) is 0 Å². The van der Waals surface area contributed by atoms with Gasteiger partial charge in [-0.25, -0.2) is 17.9 Å². The van der Waals surface area contributed by atoms with Crippen LogP contribution in [0.15, 0.2) is 17.2 Å². The second kappa shape index (κ2) is 4.74. The van der Waals surface area contributed by atoms with Crippen molar-refractivity contribution in [3.63, 3.8) is 0 Å². The van der Waals surface area contributed by atoms with Crippen LogP contribution in [0.25, 0.3) is 0 Å². The number of nitrogens with zero attached hydrogens (tertiary/aromatic N) is 1. The summed E-state index contributed by atoms with van der Waals surface area (Å²) in [6.07, 6.45) is 1.92. The summed E-state index contributed by atoms with van der Waals surface area (Å²) in [5.74, 6) is -1.16. The number of carboxylic acids is 1. The smallest absolute Gasteiger partial charge is 0.352 e. The van der Waals surface area contributed by atoms with Gasteiger partial charge in [0.15, 0.2) is 0 Å². The largest absolute Gasteiger partial charge is 0.477 e. The molecule has 0 fully saturated rings. The Balaban J connectivity index is 3.14. The monoisotopic (exact) mass is 274 g/mol. The zero-order valence-corrected chi connectivity index (χ0v) is 11.7. The molecule has 1 heterocycles. The summed E-state index contributed by atoms with van der Waals surface area (Å²) in [4.78, 5) is 10.8. The number of aryl methyl sites for hydroxylation is 1. The van der Waals surface area contributed by atoms with E-state index in [4.69, 9.17) is 5.11 Å². The summed E-state index contributed by atoms with van der Waals surface area (Å²) in [6, 6.07) is 1.15.